The van der Waals surface area contributed by atoms with E-state index in [1.54, 1.807) is 0 Å². The first-order valence-electron chi connectivity index (χ1n) is 9.11. The highest BCUT2D eigenvalue weighted by atomic mass is 79.9. The topological polar surface area (TPSA) is 82.0 Å². The molecule has 0 fully saturated rings. The molecule has 0 aliphatic carbocycles. The number of allylic oxidation sites excluding steroid dienone is 1. The fourth-order valence-electron chi connectivity index (χ4n) is 3.04. The van der Waals surface area contributed by atoms with Crippen LogP contribution in [0.1, 0.15) is 29.0 Å². The number of hydrogen-bond donors (Lipinski definition) is 2. The molecule has 0 bridgehead atoms. The Morgan fingerprint density at radius 1 is 1.31 bits per heavy atom. The van der Waals surface area contributed by atoms with E-state index >= 15 is 0 Å². The van der Waals surface area contributed by atoms with Crippen molar-refractivity contribution in [3.63, 3.8) is 0 Å². The lowest BCUT2D eigenvalue weighted by Gasteiger charge is -2.25. The third-order valence-electron chi connectivity index (χ3n) is 4.56. The third kappa shape index (κ3) is 5.72. The largest absolute Gasteiger partial charge is 0.351 e. The van der Waals surface area contributed by atoms with Gasteiger partial charge in [0, 0.05) is 23.4 Å². The second-order valence-corrected chi connectivity index (χ2v) is 8.67. The zero-order valence-electron chi connectivity index (χ0n) is 15.9. The summed E-state index contributed by atoms with van der Waals surface area (Å²) in [6.07, 6.45) is 0.211. The maximum Gasteiger partial charge on any atom is 0.230 e. The Labute approximate surface area is 182 Å². The predicted molar refractivity (Wildman–Crippen MR) is 118 cm³/mol. The highest BCUT2D eigenvalue weighted by Gasteiger charge is 2.29. The molecule has 5 nitrogen and oxygen atoms in total. The first kappa shape index (κ1) is 21.2. The predicted octanol–water partition coefficient (Wildman–Crippen LogP) is 4.15. The molecule has 0 spiro atoms. The molecule has 2 amide bonds. The molecule has 0 radical (unpaired) electrons. The van der Waals surface area contributed by atoms with Crippen molar-refractivity contribution in [1.29, 1.82) is 5.26 Å². The molecule has 1 heterocycles. The van der Waals surface area contributed by atoms with Crippen LogP contribution in [-0.2, 0) is 16.1 Å². The summed E-state index contributed by atoms with van der Waals surface area (Å²) in [6.45, 7) is 2.45. The summed E-state index contributed by atoms with van der Waals surface area (Å²) in [5, 5.41) is 15.8. The van der Waals surface area contributed by atoms with Gasteiger partial charge in [0.2, 0.25) is 11.8 Å². The second kappa shape index (κ2) is 9.77. The molecular formula is C22H20BrN3O2S. The summed E-state index contributed by atoms with van der Waals surface area (Å²) in [4.78, 5) is 24.4. The molecule has 148 valence electrons. The number of carbonyl (C=O) groups is 2. The van der Waals surface area contributed by atoms with Gasteiger partial charge in [0.1, 0.15) is 0 Å². The minimum Gasteiger partial charge on any atom is -0.351 e. The van der Waals surface area contributed by atoms with Crippen LogP contribution in [0.3, 0.4) is 0 Å². The first-order valence-corrected chi connectivity index (χ1v) is 10.9. The van der Waals surface area contributed by atoms with Crippen molar-refractivity contribution < 1.29 is 9.59 Å². The lowest BCUT2D eigenvalue weighted by atomic mass is 9.87. The zero-order chi connectivity index (χ0) is 20.8. The van der Waals surface area contributed by atoms with Gasteiger partial charge in [0.15, 0.2) is 0 Å². The van der Waals surface area contributed by atoms with E-state index in [-0.39, 0.29) is 29.9 Å². The van der Waals surface area contributed by atoms with Gasteiger partial charge in [-0.15, -0.1) is 0 Å². The molecule has 2 aromatic rings. The van der Waals surface area contributed by atoms with Crippen LogP contribution in [0, 0.1) is 18.3 Å². The Balaban J connectivity index is 1.67. The molecule has 2 N–H and O–H groups in total. The highest BCUT2D eigenvalue weighted by molar-refractivity contribution is 9.10. The summed E-state index contributed by atoms with van der Waals surface area (Å²) >= 11 is 4.62. The molecule has 3 rings (SSSR count). The molecule has 1 atom stereocenters. The number of hydrogen-bond acceptors (Lipinski definition) is 4. The average Bonchev–Trinajstić information content (AvgIpc) is 2.71. The number of amides is 2. The number of halogens is 1. The SMILES string of the molecule is Cc1ccc(CNC(=O)CSC2=C(C#N)[C@H](c3cccc(Br)c3)CC(=O)N2)cc1. The smallest absolute Gasteiger partial charge is 0.230 e. The lowest BCUT2D eigenvalue weighted by molar-refractivity contribution is -0.121. The Bertz CT molecular complexity index is 996. The molecule has 1 aliphatic heterocycles. The summed E-state index contributed by atoms with van der Waals surface area (Å²) < 4.78 is 0.892. The van der Waals surface area contributed by atoms with Crippen molar-refractivity contribution in [2.45, 2.75) is 25.8 Å². The molecule has 29 heavy (non-hydrogen) atoms. The van der Waals surface area contributed by atoms with Crippen molar-refractivity contribution in [3.8, 4) is 6.07 Å². The van der Waals surface area contributed by atoms with Gasteiger partial charge in [-0.1, -0.05) is 69.7 Å². The zero-order valence-corrected chi connectivity index (χ0v) is 18.3. The van der Waals surface area contributed by atoms with Crippen LogP contribution in [0.2, 0.25) is 0 Å². The van der Waals surface area contributed by atoms with E-state index in [0.29, 0.717) is 17.1 Å². The average molecular weight is 470 g/mol. The summed E-state index contributed by atoms with van der Waals surface area (Å²) in [5.41, 5.74) is 3.57. The number of benzene rings is 2. The standard InChI is InChI=1S/C22H20BrN3O2S/c1-14-5-7-15(8-6-14)12-25-21(28)13-29-22-19(11-24)18(10-20(27)26-22)16-3-2-4-17(23)9-16/h2-9,18H,10,12-13H2,1H3,(H,25,28)(H,26,27)/t18-/m0/s1. The van der Waals surface area contributed by atoms with Gasteiger partial charge in [-0.2, -0.15) is 5.26 Å². The third-order valence-corrected chi connectivity index (χ3v) is 6.08. The van der Waals surface area contributed by atoms with Gasteiger partial charge < -0.3 is 10.6 Å². The van der Waals surface area contributed by atoms with Gasteiger partial charge in [0.25, 0.3) is 0 Å². The van der Waals surface area contributed by atoms with Crippen LogP contribution >= 0.6 is 27.7 Å². The Kier molecular flexibility index (Phi) is 7.13. The van der Waals surface area contributed by atoms with Crippen LogP contribution in [0.4, 0.5) is 0 Å². The number of nitriles is 1. The molecule has 7 heteroatoms. The molecule has 1 aliphatic rings. The van der Waals surface area contributed by atoms with Gasteiger partial charge in [0.05, 0.1) is 22.4 Å². The Morgan fingerprint density at radius 2 is 2.07 bits per heavy atom. The lowest BCUT2D eigenvalue weighted by Crippen LogP contribution is -2.32. The first-order chi connectivity index (χ1) is 14.0. The number of nitrogens with zero attached hydrogens (tertiary/aromatic N) is 1. The van der Waals surface area contributed by atoms with Crippen molar-refractivity contribution in [2.24, 2.45) is 0 Å². The molecule has 0 unspecified atom stereocenters. The van der Waals surface area contributed by atoms with Crippen molar-refractivity contribution in [3.05, 3.63) is 80.3 Å². The van der Waals surface area contributed by atoms with Gasteiger partial charge in [-0.05, 0) is 30.2 Å². The quantitative estimate of drug-likeness (QED) is 0.665. The van der Waals surface area contributed by atoms with E-state index in [4.69, 9.17) is 0 Å². The van der Waals surface area contributed by atoms with Crippen LogP contribution in [0.5, 0.6) is 0 Å². The highest BCUT2D eigenvalue weighted by Crippen LogP contribution is 2.36. The minimum atomic E-state index is -0.315. The van der Waals surface area contributed by atoms with E-state index in [0.717, 1.165) is 15.6 Å². The van der Waals surface area contributed by atoms with Crippen molar-refractivity contribution in [1.82, 2.24) is 10.6 Å². The van der Waals surface area contributed by atoms with Crippen LogP contribution in [0.25, 0.3) is 0 Å². The van der Waals surface area contributed by atoms with Crippen molar-refractivity contribution >= 4 is 39.5 Å². The number of rotatable bonds is 6. The monoisotopic (exact) mass is 469 g/mol. The van der Waals surface area contributed by atoms with Crippen LogP contribution in [-0.4, -0.2) is 17.6 Å². The van der Waals surface area contributed by atoms with Crippen LogP contribution in [0.15, 0.2) is 63.6 Å². The Hall–Kier alpha value is -2.56. The fraction of sp³-hybridized carbons (Fsp3) is 0.227. The maximum atomic E-state index is 12.2. The normalized spacial score (nSPS) is 16.2. The van der Waals surface area contributed by atoms with Gasteiger partial charge >= 0.3 is 0 Å². The Morgan fingerprint density at radius 3 is 2.76 bits per heavy atom. The number of carbonyl (C=O) groups excluding carboxylic acids is 2. The van der Waals surface area contributed by atoms with Crippen molar-refractivity contribution in [2.75, 3.05) is 5.75 Å². The molecule has 0 saturated carbocycles. The number of nitrogens with one attached hydrogen (secondary N) is 2. The number of thioether (sulfide) groups is 1. The van der Waals surface area contributed by atoms with E-state index < -0.39 is 0 Å². The maximum absolute atomic E-state index is 12.2. The van der Waals surface area contributed by atoms with E-state index in [2.05, 4.69) is 32.6 Å². The molecular weight excluding hydrogens is 450 g/mol. The van der Waals surface area contributed by atoms with E-state index in [1.807, 2.05) is 55.5 Å². The summed E-state index contributed by atoms with van der Waals surface area (Å²) in [5.74, 6) is -0.502. The number of aryl methyl sites for hydroxylation is 1. The molecule has 0 aromatic heterocycles. The van der Waals surface area contributed by atoms with E-state index in [1.165, 1.54) is 17.3 Å². The van der Waals surface area contributed by atoms with Gasteiger partial charge in [-0.3, -0.25) is 9.59 Å². The summed E-state index contributed by atoms with van der Waals surface area (Å²) in [7, 11) is 0. The van der Waals surface area contributed by atoms with Crippen LogP contribution < -0.4 is 10.6 Å². The minimum absolute atomic E-state index is 0.123. The second-order valence-electron chi connectivity index (χ2n) is 6.77. The molecule has 2 aromatic carbocycles. The van der Waals surface area contributed by atoms with Gasteiger partial charge in [-0.25, -0.2) is 0 Å². The molecule has 0 saturated heterocycles. The van der Waals surface area contributed by atoms with E-state index in [9.17, 15) is 14.9 Å². The fourth-order valence-corrected chi connectivity index (χ4v) is 4.36. The summed E-state index contributed by atoms with van der Waals surface area (Å²) in [6, 6.07) is 17.8.